The van der Waals surface area contributed by atoms with Gasteiger partial charge in [-0.1, -0.05) is 6.92 Å². The predicted octanol–water partition coefficient (Wildman–Crippen LogP) is 0.707. The van der Waals surface area contributed by atoms with E-state index in [0.29, 0.717) is 24.5 Å². The fourth-order valence-electron chi connectivity index (χ4n) is 1.93. The van der Waals surface area contributed by atoms with Crippen LogP contribution in [0.3, 0.4) is 0 Å². The van der Waals surface area contributed by atoms with Crippen molar-refractivity contribution >= 4 is 10.0 Å². The van der Waals surface area contributed by atoms with E-state index in [1.807, 2.05) is 30.6 Å². The van der Waals surface area contributed by atoms with E-state index < -0.39 is 10.0 Å². The molecule has 0 fully saturated rings. The third-order valence-electron chi connectivity index (χ3n) is 3.39. The minimum absolute atomic E-state index is 0.361. The van der Waals surface area contributed by atoms with Crippen molar-refractivity contribution in [3.05, 3.63) is 18.0 Å². The Bertz CT molecular complexity index is 537. The first-order valence-corrected chi connectivity index (χ1v) is 8.70. The Hall–Kier alpha value is -0.890. The second-order valence-corrected chi connectivity index (χ2v) is 7.63. The Kier molecular flexibility index (Phi) is 6.86. The Balaban J connectivity index is 2.81. The average molecular weight is 316 g/mol. The van der Waals surface area contributed by atoms with Gasteiger partial charge in [0.15, 0.2) is 0 Å². The summed E-state index contributed by atoms with van der Waals surface area (Å²) >= 11 is 0. The van der Waals surface area contributed by atoms with Crippen LogP contribution in [0.2, 0.25) is 0 Å². The van der Waals surface area contributed by atoms with Gasteiger partial charge >= 0.3 is 0 Å². The van der Waals surface area contributed by atoms with Crippen LogP contribution in [0.5, 0.6) is 0 Å². The van der Waals surface area contributed by atoms with Crippen LogP contribution in [0.25, 0.3) is 0 Å². The van der Waals surface area contributed by atoms with E-state index in [2.05, 4.69) is 12.2 Å². The van der Waals surface area contributed by atoms with Gasteiger partial charge in [-0.05, 0) is 33.1 Å². The van der Waals surface area contributed by atoms with Crippen molar-refractivity contribution in [2.24, 2.45) is 7.05 Å². The van der Waals surface area contributed by atoms with Crippen molar-refractivity contribution in [1.82, 2.24) is 19.1 Å². The second-order valence-electron chi connectivity index (χ2n) is 5.58. The maximum Gasteiger partial charge on any atom is 0.244 e. The first kappa shape index (κ1) is 18.2. The highest BCUT2D eigenvalue weighted by atomic mass is 32.2. The fourth-order valence-corrected chi connectivity index (χ4v) is 3.19. The summed E-state index contributed by atoms with van der Waals surface area (Å²) in [6.07, 6.45) is 2.74. The van der Waals surface area contributed by atoms with Crippen molar-refractivity contribution in [3.63, 3.8) is 0 Å². The lowest BCUT2D eigenvalue weighted by molar-refractivity contribution is 0.358. The largest absolute Gasteiger partial charge is 0.352 e. The average Bonchev–Trinajstić information content (AvgIpc) is 2.78. The first-order chi connectivity index (χ1) is 9.78. The molecule has 0 bridgehead atoms. The summed E-state index contributed by atoms with van der Waals surface area (Å²) in [5.41, 5.74) is 0.975. The number of hydrogen-bond donors (Lipinski definition) is 1. The van der Waals surface area contributed by atoms with E-state index in [0.717, 1.165) is 18.7 Å². The summed E-state index contributed by atoms with van der Waals surface area (Å²) in [7, 11) is 3.96. The molecule has 7 heteroatoms. The van der Waals surface area contributed by atoms with E-state index in [9.17, 15) is 8.42 Å². The normalized spacial score (nSPS) is 12.5. The van der Waals surface area contributed by atoms with Crippen molar-refractivity contribution in [3.8, 4) is 0 Å². The molecule has 0 aliphatic carbocycles. The number of aryl methyl sites for hydroxylation is 1. The molecule has 0 atom stereocenters. The molecule has 0 aliphatic heterocycles. The number of nitrogens with one attached hydrogen (secondary N) is 1. The lowest BCUT2D eigenvalue weighted by Gasteiger charge is -2.18. The third kappa shape index (κ3) is 5.10. The molecule has 0 unspecified atom stereocenters. The molecule has 1 heterocycles. The van der Waals surface area contributed by atoms with Gasteiger partial charge < -0.3 is 14.8 Å². The van der Waals surface area contributed by atoms with Gasteiger partial charge in [-0.3, -0.25) is 0 Å². The summed E-state index contributed by atoms with van der Waals surface area (Å²) in [6, 6.07) is 1.75. The van der Waals surface area contributed by atoms with Crippen molar-refractivity contribution in [2.75, 3.05) is 40.8 Å². The van der Waals surface area contributed by atoms with E-state index >= 15 is 0 Å². The number of nitrogens with zero attached hydrogens (tertiary/aromatic N) is 3. The lowest BCUT2D eigenvalue weighted by Crippen LogP contribution is -2.33. The Labute approximate surface area is 128 Å². The molecular weight excluding hydrogens is 288 g/mol. The Morgan fingerprint density at radius 1 is 1.24 bits per heavy atom. The van der Waals surface area contributed by atoms with Crippen LogP contribution in [0.1, 0.15) is 19.0 Å². The smallest absolute Gasteiger partial charge is 0.244 e. The molecule has 0 aromatic carbocycles. The monoisotopic (exact) mass is 316 g/mol. The quantitative estimate of drug-likeness (QED) is 0.682. The molecule has 0 saturated carbocycles. The van der Waals surface area contributed by atoms with Crippen LogP contribution >= 0.6 is 0 Å². The molecule has 0 amide bonds. The zero-order valence-corrected chi connectivity index (χ0v) is 14.6. The number of sulfonamides is 1. The second kappa shape index (κ2) is 7.93. The molecule has 0 radical (unpaired) electrons. The number of hydrogen-bond acceptors (Lipinski definition) is 4. The SMILES string of the molecule is CCCNCc1cc(S(=O)(=O)N(C)CCN(C)C)cn1C. The van der Waals surface area contributed by atoms with Crippen LogP contribution in [0, 0.1) is 0 Å². The molecule has 1 aromatic heterocycles. The summed E-state index contributed by atoms with van der Waals surface area (Å²) in [5, 5.41) is 3.29. The lowest BCUT2D eigenvalue weighted by atomic mass is 10.4. The maximum absolute atomic E-state index is 12.5. The van der Waals surface area contributed by atoms with Crippen LogP contribution in [-0.2, 0) is 23.6 Å². The predicted molar refractivity (Wildman–Crippen MR) is 85.8 cm³/mol. The molecule has 0 saturated heterocycles. The molecule has 1 N–H and O–H groups in total. The Morgan fingerprint density at radius 3 is 2.48 bits per heavy atom. The topological polar surface area (TPSA) is 57.6 Å². The molecule has 21 heavy (non-hydrogen) atoms. The van der Waals surface area contributed by atoms with Gasteiger partial charge in [-0.2, -0.15) is 4.31 Å². The zero-order valence-electron chi connectivity index (χ0n) is 13.8. The van der Waals surface area contributed by atoms with Gasteiger partial charge in [0.1, 0.15) is 4.90 Å². The van der Waals surface area contributed by atoms with E-state index in [1.165, 1.54) is 4.31 Å². The number of rotatable bonds is 9. The van der Waals surface area contributed by atoms with Gasteiger partial charge in [0.25, 0.3) is 0 Å². The highest BCUT2D eigenvalue weighted by Crippen LogP contribution is 2.17. The summed E-state index contributed by atoms with van der Waals surface area (Å²) in [6.45, 7) is 4.89. The molecule has 0 aliphatic rings. The summed E-state index contributed by atoms with van der Waals surface area (Å²) < 4.78 is 28.3. The van der Waals surface area contributed by atoms with Gasteiger partial charge in [0.2, 0.25) is 10.0 Å². The third-order valence-corrected chi connectivity index (χ3v) is 5.21. The highest BCUT2D eigenvalue weighted by Gasteiger charge is 2.22. The van der Waals surface area contributed by atoms with Crippen LogP contribution in [0.4, 0.5) is 0 Å². The van der Waals surface area contributed by atoms with Crippen molar-refractivity contribution in [2.45, 2.75) is 24.8 Å². The molecule has 6 nitrogen and oxygen atoms in total. The van der Waals surface area contributed by atoms with Crippen LogP contribution in [-0.4, -0.2) is 63.0 Å². The minimum atomic E-state index is -3.41. The molecule has 0 spiro atoms. The van der Waals surface area contributed by atoms with E-state index in [1.54, 1.807) is 19.3 Å². The fraction of sp³-hybridized carbons (Fsp3) is 0.714. The Morgan fingerprint density at radius 2 is 1.90 bits per heavy atom. The standard InChI is InChI=1S/C14H28N4O2S/c1-6-7-15-11-13-10-14(12-17(13)4)21(19,20)18(5)9-8-16(2)3/h10,12,15H,6-9,11H2,1-5H3. The van der Waals surface area contributed by atoms with Crippen molar-refractivity contribution in [1.29, 1.82) is 0 Å². The van der Waals surface area contributed by atoms with Crippen LogP contribution in [0.15, 0.2) is 17.2 Å². The minimum Gasteiger partial charge on any atom is -0.352 e. The molecular formula is C14H28N4O2S. The van der Waals surface area contributed by atoms with Gasteiger partial charge in [-0.15, -0.1) is 0 Å². The van der Waals surface area contributed by atoms with E-state index in [4.69, 9.17) is 0 Å². The van der Waals surface area contributed by atoms with E-state index in [-0.39, 0.29) is 0 Å². The van der Waals surface area contributed by atoms with Gasteiger partial charge in [0.05, 0.1) is 0 Å². The summed E-state index contributed by atoms with van der Waals surface area (Å²) in [5.74, 6) is 0. The first-order valence-electron chi connectivity index (χ1n) is 7.26. The zero-order chi connectivity index (χ0) is 16.0. The van der Waals surface area contributed by atoms with Gasteiger partial charge in [-0.25, -0.2) is 8.42 Å². The molecule has 1 aromatic rings. The molecule has 1 rings (SSSR count). The number of aromatic nitrogens is 1. The summed E-state index contributed by atoms with van der Waals surface area (Å²) in [4.78, 5) is 2.33. The van der Waals surface area contributed by atoms with Crippen molar-refractivity contribution < 1.29 is 8.42 Å². The molecule has 122 valence electrons. The highest BCUT2D eigenvalue weighted by molar-refractivity contribution is 7.89. The maximum atomic E-state index is 12.5. The van der Waals surface area contributed by atoms with Crippen LogP contribution < -0.4 is 5.32 Å². The van der Waals surface area contributed by atoms with Gasteiger partial charge in [0, 0.05) is 45.6 Å². The number of likely N-dealkylation sites (N-methyl/N-ethyl adjacent to an activating group) is 2.